The Hall–Kier alpha value is -3.19. The van der Waals surface area contributed by atoms with Crippen molar-refractivity contribution in [3.05, 3.63) is 76.9 Å². The quantitative estimate of drug-likeness (QED) is 0.591. The minimum Gasteiger partial charge on any atom is -0.489 e. The molecule has 2 heterocycles. The lowest BCUT2D eigenvalue weighted by Crippen LogP contribution is -2.21. The molecule has 6 nitrogen and oxygen atoms in total. The fraction of sp³-hybridized carbons (Fsp3) is 0.227. The molecular formula is C22H21N3O3S. The number of anilines is 1. The van der Waals surface area contributed by atoms with Gasteiger partial charge < -0.3 is 15.4 Å². The minimum atomic E-state index is -0.154. The minimum absolute atomic E-state index is 0.0460. The number of carbonyl (C=O) groups excluding carboxylic acids is 2. The van der Waals surface area contributed by atoms with E-state index in [1.165, 1.54) is 11.3 Å². The number of nitrogens with zero attached hydrogens (tertiary/aromatic N) is 1. The standard InChI is InChI=1S/C22H21N3O3S/c26-21(17-5-6-17)25-20-10-9-19(29-20)22(27)24-13-15-3-7-18(8-4-15)28-14-16-2-1-11-23-12-16/h1-4,7-12,17H,5-6,13-14H2,(H,24,27)(H,25,26). The number of amides is 2. The fourth-order valence-corrected chi connectivity index (χ4v) is 3.54. The van der Waals surface area contributed by atoms with E-state index in [1.54, 1.807) is 24.5 Å². The molecule has 1 aromatic carbocycles. The van der Waals surface area contributed by atoms with Gasteiger partial charge in [-0.2, -0.15) is 0 Å². The largest absolute Gasteiger partial charge is 0.489 e. The van der Waals surface area contributed by atoms with Gasteiger partial charge in [0.25, 0.3) is 5.91 Å². The summed E-state index contributed by atoms with van der Waals surface area (Å²) >= 11 is 1.29. The molecule has 1 saturated carbocycles. The summed E-state index contributed by atoms with van der Waals surface area (Å²) in [5.41, 5.74) is 1.98. The highest BCUT2D eigenvalue weighted by Gasteiger charge is 2.29. The van der Waals surface area contributed by atoms with E-state index in [-0.39, 0.29) is 17.7 Å². The highest BCUT2D eigenvalue weighted by Crippen LogP contribution is 2.31. The summed E-state index contributed by atoms with van der Waals surface area (Å²) in [4.78, 5) is 28.8. The molecule has 0 saturated heterocycles. The summed E-state index contributed by atoms with van der Waals surface area (Å²) in [7, 11) is 0. The first-order valence-electron chi connectivity index (χ1n) is 9.47. The van der Waals surface area contributed by atoms with Crippen LogP contribution >= 0.6 is 11.3 Å². The predicted octanol–water partition coefficient (Wildman–Crippen LogP) is 4.00. The van der Waals surface area contributed by atoms with Crippen LogP contribution in [-0.4, -0.2) is 16.8 Å². The van der Waals surface area contributed by atoms with Crippen LogP contribution < -0.4 is 15.4 Å². The summed E-state index contributed by atoms with van der Waals surface area (Å²) in [6.45, 7) is 0.880. The summed E-state index contributed by atoms with van der Waals surface area (Å²) in [5.74, 6) is 0.799. The van der Waals surface area contributed by atoms with Crippen LogP contribution in [0.4, 0.5) is 5.00 Å². The van der Waals surface area contributed by atoms with Crippen molar-refractivity contribution in [2.24, 2.45) is 5.92 Å². The van der Waals surface area contributed by atoms with Gasteiger partial charge >= 0.3 is 0 Å². The van der Waals surface area contributed by atoms with E-state index < -0.39 is 0 Å². The van der Waals surface area contributed by atoms with E-state index in [0.717, 1.165) is 29.7 Å². The Labute approximate surface area is 172 Å². The van der Waals surface area contributed by atoms with Crippen molar-refractivity contribution >= 4 is 28.2 Å². The van der Waals surface area contributed by atoms with Crippen LogP contribution in [0.2, 0.25) is 0 Å². The summed E-state index contributed by atoms with van der Waals surface area (Å²) < 4.78 is 5.74. The van der Waals surface area contributed by atoms with Gasteiger partial charge in [0.2, 0.25) is 5.91 Å². The van der Waals surface area contributed by atoms with Crippen molar-refractivity contribution in [1.29, 1.82) is 0 Å². The molecule has 0 aliphatic heterocycles. The van der Waals surface area contributed by atoms with Crippen LogP contribution in [-0.2, 0) is 17.9 Å². The number of nitrogens with one attached hydrogen (secondary N) is 2. The number of hydrogen-bond acceptors (Lipinski definition) is 5. The van der Waals surface area contributed by atoms with Gasteiger partial charge in [0.1, 0.15) is 12.4 Å². The summed E-state index contributed by atoms with van der Waals surface area (Å²) in [6, 6.07) is 15.0. The molecule has 2 aromatic heterocycles. The van der Waals surface area contributed by atoms with Crippen LogP contribution in [0, 0.1) is 5.92 Å². The Balaban J connectivity index is 1.24. The molecule has 1 aliphatic rings. The monoisotopic (exact) mass is 407 g/mol. The van der Waals surface area contributed by atoms with Gasteiger partial charge in [0.15, 0.2) is 0 Å². The molecule has 1 aliphatic carbocycles. The van der Waals surface area contributed by atoms with Crippen molar-refractivity contribution < 1.29 is 14.3 Å². The van der Waals surface area contributed by atoms with Gasteiger partial charge in [0.05, 0.1) is 9.88 Å². The first-order chi connectivity index (χ1) is 14.2. The number of aromatic nitrogens is 1. The Morgan fingerprint density at radius 1 is 1.07 bits per heavy atom. The lowest BCUT2D eigenvalue weighted by molar-refractivity contribution is -0.117. The van der Waals surface area contributed by atoms with Crippen molar-refractivity contribution in [3.63, 3.8) is 0 Å². The molecule has 0 spiro atoms. The number of rotatable bonds is 8. The number of ether oxygens (including phenoxy) is 1. The van der Waals surface area contributed by atoms with E-state index in [2.05, 4.69) is 15.6 Å². The topological polar surface area (TPSA) is 80.3 Å². The van der Waals surface area contributed by atoms with E-state index in [0.29, 0.717) is 23.0 Å². The number of hydrogen-bond donors (Lipinski definition) is 2. The summed E-state index contributed by atoms with van der Waals surface area (Å²) in [6.07, 6.45) is 5.42. The van der Waals surface area contributed by atoms with Crippen molar-refractivity contribution in [2.45, 2.75) is 26.0 Å². The second-order valence-electron chi connectivity index (χ2n) is 6.90. The summed E-state index contributed by atoms with van der Waals surface area (Å²) in [5, 5.41) is 6.48. The third-order valence-electron chi connectivity index (χ3n) is 4.53. The normalized spacial score (nSPS) is 13.0. The first-order valence-corrected chi connectivity index (χ1v) is 10.3. The lowest BCUT2D eigenvalue weighted by atomic mass is 10.2. The third-order valence-corrected chi connectivity index (χ3v) is 5.53. The predicted molar refractivity (Wildman–Crippen MR) is 112 cm³/mol. The zero-order valence-electron chi connectivity index (χ0n) is 15.8. The van der Waals surface area contributed by atoms with Crippen LogP contribution in [0.1, 0.15) is 33.6 Å². The van der Waals surface area contributed by atoms with E-state index >= 15 is 0 Å². The third kappa shape index (κ3) is 5.42. The number of thiophene rings is 1. The van der Waals surface area contributed by atoms with E-state index in [9.17, 15) is 9.59 Å². The Kier molecular flexibility index (Phi) is 5.86. The van der Waals surface area contributed by atoms with Gasteiger partial charge in [0, 0.05) is 30.4 Å². The van der Waals surface area contributed by atoms with Crippen LogP contribution in [0.3, 0.4) is 0 Å². The highest BCUT2D eigenvalue weighted by atomic mass is 32.1. The van der Waals surface area contributed by atoms with Gasteiger partial charge in [-0.3, -0.25) is 14.6 Å². The molecule has 29 heavy (non-hydrogen) atoms. The number of carbonyl (C=O) groups is 2. The molecular weight excluding hydrogens is 386 g/mol. The highest BCUT2D eigenvalue weighted by molar-refractivity contribution is 7.18. The maximum Gasteiger partial charge on any atom is 0.261 e. The average molecular weight is 407 g/mol. The number of pyridine rings is 1. The fourth-order valence-electron chi connectivity index (χ4n) is 2.72. The van der Waals surface area contributed by atoms with Crippen molar-refractivity contribution in [1.82, 2.24) is 10.3 Å². The zero-order valence-corrected chi connectivity index (χ0v) is 16.6. The molecule has 0 radical (unpaired) electrons. The molecule has 1 fully saturated rings. The first kappa shape index (κ1) is 19.1. The molecule has 148 valence electrons. The SMILES string of the molecule is O=C(NCc1ccc(OCc2cccnc2)cc1)c1ccc(NC(=O)C2CC2)s1. The molecule has 0 unspecified atom stereocenters. The van der Waals surface area contributed by atoms with Crippen molar-refractivity contribution in [2.75, 3.05) is 5.32 Å². The van der Waals surface area contributed by atoms with Gasteiger partial charge in [-0.15, -0.1) is 11.3 Å². The van der Waals surface area contributed by atoms with Crippen molar-refractivity contribution in [3.8, 4) is 5.75 Å². The molecule has 0 bridgehead atoms. The van der Waals surface area contributed by atoms with Crippen LogP contribution in [0.25, 0.3) is 0 Å². The average Bonchev–Trinajstić information content (AvgIpc) is 3.51. The zero-order chi connectivity index (χ0) is 20.1. The molecule has 3 aromatic rings. The molecule has 2 N–H and O–H groups in total. The Bertz CT molecular complexity index is 982. The molecule has 4 rings (SSSR count). The van der Waals surface area contributed by atoms with E-state index in [4.69, 9.17) is 4.74 Å². The van der Waals surface area contributed by atoms with Gasteiger partial charge in [-0.25, -0.2) is 0 Å². The second kappa shape index (κ2) is 8.87. The molecule has 2 amide bonds. The molecule has 7 heteroatoms. The Morgan fingerprint density at radius 2 is 1.90 bits per heavy atom. The van der Waals surface area contributed by atoms with Crippen LogP contribution in [0.15, 0.2) is 60.9 Å². The van der Waals surface area contributed by atoms with Gasteiger partial charge in [-0.1, -0.05) is 18.2 Å². The second-order valence-corrected chi connectivity index (χ2v) is 7.99. The Morgan fingerprint density at radius 3 is 2.62 bits per heavy atom. The maximum atomic E-state index is 12.3. The van der Waals surface area contributed by atoms with E-state index in [1.807, 2.05) is 36.4 Å². The smallest absolute Gasteiger partial charge is 0.261 e. The van der Waals surface area contributed by atoms with Crippen LogP contribution in [0.5, 0.6) is 5.75 Å². The number of benzene rings is 1. The lowest BCUT2D eigenvalue weighted by Gasteiger charge is -2.08. The maximum absolute atomic E-state index is 12.3. The molecule has 0 atom stereocenters. The van der Waals surface area contributed by atoms with Gasteiger partial charge in [-0.05, 0) is 48.7 Å².